The van der Waals surface area contributed by atoms with E-state index in [-0.39, 0.29) is 31.1 Å². The van der Waals surface area contributed by atoms with Crippen molar-refractivity contribution in [3.05, 3.63) is 12.2 Å². The molecule has 0 spiro atoms. The minimum atomic E-state index is 0. The molecular weight excluding hydrogens is 312 g/mol. The van der Waals surface area contributed by atoms with Crippen molar-refractivity contribution in [3.8, 4) is 0 Å². The van der Waals surface area contributed by atoms with Crippen molar-refractivity contribution >= 4 is 0 Å². The summed E-state index contributed by atoms with van der Waals surface area (Å²) in [6, 6.07) is 0.461. The summed E-state index contributed by atoms with van der Waals surface area (Å²) < 4.78 is 0. The van der Waals surface area contributed by atoms with Crippen LogP contribution in [0.4, 0.5) is 0 Å². The Morgan fingerprint density at radius 1 is 1.57 bits per heavy atom. The molecule has 7 heavy (non-hydrogen) atoms. The fourth-order valence-electron chi connectivity index (χ4n) is 0.258. The van der Waals surface area contributed by atoms with Crippen molar-refractivity contribution < 1.29 is 31.1 Å². The number of hydrogen-bond acceptors (Lipinski definition) is 0. The first-order chi connectivity index (χ1) is 2.77. The Labute approximate surface area is 69.6 Å². The van der Waals surface area contributed by atoms with E-state index in [1.165, 1.54) is 0 Å². The molecule has 40 valence electrons. The summed E-state index contributed by atoms with van der Waals surface area (Å²) in [5.74, 6) is 0. The monoisotopic (exact) mass is 323 g/mol. The smallest absolute Gasteiger partial charge is 0.686 e. The molecule has 0 fully saturated rings. The van der Waals surface area contributed by atoms with E-state index in [0.29, 0.717) is 12.6 Å². The fourth-order valence-corrected chi connectivity index (χ4v) is 0.258. The van der Waals surface area contributed by atoms with Crippen LogP contribution in [-0.4, -0.2) is 12.6 Å². The Hall–Kier alpha value is 1.01. The van der Waals surface area contributed by atoms with E-state index in [9.17, 15) is 0 Å². The first kappa shape index (κ1) is 10.9. The van der Waals surface area contributed by atoms with Gasteiger partial charge >= 0.3 is 31.1 Å². The van der Waals surface area contributed by atoms with Crippen LogP contribution in [0.3, 0.4) is 0 Å². The topological polar surface area (TPSA) is 14.1 Å². The molecule has 0 rings (SSSR count). The molecule has 0 aromatic heterocycles. The molecular formula is C5H11NU. The maximum Gasteiger partial charge on any atom is 2.00 e. The Morgan fingerprint density at radius 2 is 2.00 bits per heavy atom. The molecule has 0 atom stereocenters. The van der Waals surface area contributed by atoms with Gasteiger partial charge in [0.15, 0.2) is 0 Å². The van der Waals surface area contributed by atoms with Gasteiger partial charge in [-0.2, -0.15) is 0 Å². The summed E-state index contributed by atoms with van der Waals surface area (Å²) in [6.45, 7) is 8.36. The quantitative estimate of drug-likeness (QED) is 0.686. The Morgan fingerprint density at radius 3 is 2.00 bits per heavy atom. The van der Waals surface area contributed by atoms with Gasteiger partial charge in [-0.1, -0.05) is 13.8 Å². The summed E-state index contributed by atoms with van der Waals surface area (Å²) in [7, 11) is 0. The molecule has 0 unspecified atom stereocenters. The summed E-state index contributed by atoms with van der Waals surface area (Å²) >= 11 is 0. The van der Waals surface area contributed by atoms with Crippen LogP contribution in [0.15, 0.2) is 0 Å². The van der Waals surface area contributed by atoms with E-state index in [1.54, 1.807) is 0 Å². The van der Waals surface area contributed by atoms with Crippen LogP contribution < -0.4 is 0 Å². The summed E-state index contributed by atoms with van der Waals surface area (Å²) in [5.41, 5.74) is 0. The van der Waals surface area contributed by atoms with E-state index in [2.05, 4.69) is 12.2 Å². The third-order valence-corrected chi connectivity index (χ3v) is 0.494. The molecule has 1 nitrogen and oxygen atoms in total. The third-order valence-electron chi connectivity index (χ3n) is 0.494. The van der Waals surface area contributed by atoms with Gasteiger partial charge in [0, 0.05) is 0 Å². The van der Waals surface area contributed by atoms with Crippen molar-refractivity contribution in [1.82, 2.24) is 0 Å². The van der Waals surface area contributed by atoms with Crippen LogP contribution >= 0.6 is 0 Å². The summed E-state index contributed by atoms with van der Waals surface area (Å²) in [4.78, 5) is 0. The van der Waals surface area contributed by atoms with Crippen LogP contribution in [0.2, 0.25) is 0 Å². The van der Waals surface area contributed by atoms with Crippen LogP contribution in [0.1, 0.15) is 13.8 Å². The van der Waals surface area contributed by atoms with E-state index < -0.39 is 0 Å². The molecule has 2 heteroatoms. The Balaban J connectivity index is 0. The van der Waals surface area contributed by atoms with Crippen LogP contribution in [-0.2, 0) is 0 Å². The second-order valence-corrected chi connectivity index (χ2v) is 1.50. The van der Waals surface area contributed by atoms with E-state index >= 15 is 0 Å². The second kappa shape index (κ2) is 7.01. The molecule has 0 saturated carbocycles. The zero-order valence-corrected chi connectivity index (χ0v) is 9.10. The number of rotatable bonds is 2. The van der Waals surface area contributed by atoms with Gasteiger partial charge in [-0.05, 0) is 0 Å². The van der Waals surface area contributed by atoms with Gasteiger partial charge in [0.25, 0.3) is 0 Å². The minimum absolute atomic E-state index is 0. The average Bonchev–Trinajstić information content (AvgIpc) is 1.35. The van der Waals surface area contributed by atoms with Gasteiger partial charge in [0.1, 0.15) is 0 Å². The third kappa shape index (κ3) is 10.9. The molecule has 0 aliphatic heterocycles. The average molecular weight is 323 g/mol. The Kier molecular flexibility index (Phi) is 10.9. The first-order valence-corrected chi connectivity index (χ1v) is 2.23. The minimum Gasteiger partial charge on any atom is -0.686 e. The predicted octanol–water partition coefficient (Wildman–Crippen LogP) is 1.60. The summed E-state index contributed by atoms with van der Waals surface area (Å²) in [6.07, 6.45) is 0. The SMILES string of the molecule is [CH2-]C[N-]C(C)C.[U+2]. The Bertz CT molecular complexity index is 29.3. The van der Waals surface area contributed by atoms with Crippen LogP contribution in [0, 0.1) is 38.0 Å². The van der Waals surface area contributed by atoms with Gasteiger partial charge < -0.3 is 12.2 Å². The zero-order chi connectivity index (χ0) is 4.99. The summed E-state index contributed by atoms with van der Waals surface area (Å²) in [5, 5.41) is 4.01. The second-order valence-electron chi connectivity index (χ2n) is 1.50. The number of nitrogens with zero attached hydrogens (tertiary/aromatic N) is 1. The van der Waals surface area contributed by atoms with Crippen molar-refractivity contribution in [1.29, 1.82) is 0 Å². The predicted molar refractivity (Wildman–Crippen MR) is 28.7 cm³/mol. The standard InChI is InChI=1S/C5H11N.U/c1-4-6-5(2)3;/h5H,1,4H2,2-3H3;/q-2;+2. The molecule has 0 radical (unpaired) electrons. The molecule has 0 aromatic rings. The van der Waals surface area contributed by atoms with Crippen molar-refractivity contribution in [2.45, 2.75) is 19.9 Å². The zero-order valence-electron chi connectivity index (χ0n) is 4.94. The normalized spacial score (nSPS) is 8.57. The molecule has 0 heterocycles. The van der Waals surface area contributed by atoms with E-state index in [0.717, 1.165) is 0 Å². The van der Waals surface area contributed by atoms with Crippen molar-refractivity contribution in [2.24, 2.45) is 0 Å². The molecule has 0 bridgehead atoms. The number of hydrogen-bond donors (Lipinski definition) is 0. The van der Waals surface area contributed by atoms with Gasteiger partial charge in [-0.3, -0.25) is 6.54 Å². The van der Waals surface area contributed by atoms with Gasteiger partial charge in [-0.25, -0.2) is 0 Å². The van der Waals surface area contributed by atoms with Crippen LogP contribution in [0.25, 0.3) is 5.32 Å². The fraction of sp³-hybridized carbons (Fsp3) is 0.800. The first-order valence-electron chi connectivity index (χ1n) is 2.23. The molecule has 0 aliphatic carbocycles. The molecule has 0 aromatic carbocycles. The maximum absolute atomic E-state index is 4.01. The van der Waals surface area contributed by atoms with Gasteiger partial charge in [-0.15, -0.1) is 6.04 Å². The molecule has 0 aliphatic rings. The van der Waals surface area contributed by atoms with Crippen LogP contribution in [0.5, 0.6) is 0 Å². The largest absolute Gasteiger partial charge is 2.00 e. The van der Waals surface area contributed by atoms with Gasteiger partial charge in [0.05, 0.1) is 0 Å². The van der Waals surface area contributed by atoms with Crippen molar-refractivity contribution in [2.75, 3.05) is 6.54 Å². The van der Waals surface area contributed by atoms with Gasteiger partial charge in [0.2, 0.25) is 0 Å². The molecule has 0 amide bonds. The maximum atomic E-state index is 4.01. The molecule has 0 N–H and O–H groups in total. The van der Waals surface area contributed by atoms with Crippen molar-refractivity contribution in [3.63, 3.8) is 0 Å². The van der Waals surface area contributed by atoms with E-state index in [1.807, 2.05) is 13.8 Å². The van der Waals surface area contributed by atoms with E-state index in [4.69, 9.17) is 0 Å². The molecule has 0 saturated heterocycles.